The van der Waals surface area contributed by atoms with Gasteiger partial charge in [0.1, 0.15) is 17.8 Å². The normalized spacial score (nSPS) is 32.6. The van der Waals surface area contributed by atoms with E-state index < -0.39 is 12.0 Å². The van der Waals surface area contributed by atoms with E-state index in [2.05, 4.69) is 16.0 Å². The molecule has 1 aromatic carbocycles. The first-order chi connectivity index (χ1) is 14.4. The topological polar surface area (TPSA) is 99.7 Å². The third-order valence-corrected chi connectivity index (χ3v) is 6.86. The van der Waals surface area contributed by atoms with Crippen LogP contribution in [-0.4, -0.2) is 48.4 Å². The van der Waals surface area contributed by atoms with Crippen molar-refractivity contribution in [3.8, 4) is 5.75 Å². The lowest BCUT2D eigenvalue weighted by atomic mass is 9.60. The number of aliphatic hydroxyl groups excluding tert-OH is 1. The number of carbonyl (C=O) groups excluding carboxylic acids is 2. The second kappa shape index (κ2) is 9.08. The van der Waals surface area contributed by atoms with Gasteiger partial charge in [-0.1, -0.05) is 11.6 Å². The summed E-state index contributed by atoms with van der Waals surface area (Å²) in [6, 6.07) is 4.09. The van der Waals surface area contributed by atoms with Gasteiger partial charge >= 0.3 is 0 Å². The summed E-state index contributed by atoms with van der Waals surface area (Å²) < 4.78 is 18.8. The number of hydrogen-bond acceptors (Lipinski definition) is 5. The Labute approximate surface area is 179 Å². The van der Waals surface area contributed by atoms with Crippen molar-refractivity contribution in [1.29, 1.82) is 0 Å². The standard InChI is InChI=1S/C21H27ClFN3O4/c22-15-3-2-14(7-16(15)23)30-10-20(28)25-17-8-18(13-5-12(17)6-13)26-21(29)11-1-4-19(27)24-9-11/h2-3,7,11-13,17-19,24,27H,1,4-6,8-10H2,(H,25,28)(H,26,29)/t11?,12?,13?,17?,18-,19?/m1/s1. The second-order valence-electron chi connectivity index (χ2n) is 8.58. The average Bonchev–Trinajstić information content (AvgIpc) is 2.68. The maximum Gasteiger partial charge on any atom is 0.258 e. The molecule has 2 amide bonds. The molecule has 1 heterocycles. The van der Waals surface area contributed by atoms with Gasteiger partial charge in [-0.15, -0.1) is 0 Å². The van der Waals surface area contributed by atoms with Crippen LogP contribution < -0.4 is 20.7 Å². The van der Waals surface area contributed by atoms with Crippen LogP contribution in [0, 0.1) is 23.6 Å². The summed E-state index contributed by atoms with van der Waals surface area (Å²) in [6.45, 7) is 0.274. The lowest BCUT2D eigenvalue weighted by molar-refractivity contribution is -0.129. The van der Waals surface area contributed by atoms with Crippen molar-refractivity contribution >= 4 is 23.4 Å². The largest absolute Gasteiger partial charge is 0.484 e. The number of rotatable bonds is 6. The highest BCUT2D eigenvalue weighted by atomic mass is 35.5. The maximum atomic E-state index is 13.5. The molecule has 4 N–H and O–H groups in total. The van der Waals surface area contributed by atoms with Crippen molar-refractivity contribution in [1.82, 2.24) is 16.0 Å². The van der Waals surface area contributed by atoms with Crippen molar-refractivity contribution in [3.05, 3.63) is 29.0 Å². The van der Waals surface area contributed by atoms with E-state index in [0.717, 1.165) is 18.9 Å². The van der Waals surface area contributed by atoms with Crippen molar-refractivity contribution in [3.63, 3.8) is 0 Å². The average molecular weight is 440 g/mol. The Morgan fingerprint density at radius 2 is 1.90 bits per heavy atom. The zero-order valence-electron chi connectivity index (χ0n) is 16.6. The minimum Gasteiger partial charge on any atom is -0.484 e. The number of aliphatic hydroxyl groups is 1. The minimum absolute atomic E-state index is 0.00169. The number of ether oxygens (including phenoxy) is 1. The highest BCUT2D eigenvalue weighted by Gasteiger charge is 2.47. The summed E-state index contributed by atoms with van der Waals surface area (Å²) >= 11 is 5.64. The molecular weight excluding hydrogens is 413 g/mol. The van der Waals surface area contributed by atoms with Gasteiger partial charge in [-0.25, -0.2) is 4.39 Å². The van der Waals surface area contributed by atoms with Crippen LogP contribution in [0.1, 0.15) is 32.1 Å². The fourth-order valence-electron chi connectivity index (χ4n) is 4.71. The first kappa shape index (κ1) is 21.3. The van der Waals surface area contributed by atoms with Crippen molar-refractivity contribution in [2.45, 2.75) is 50.4 Å². The molecule has 0 spiro atoms. The molecule has 9 heteroatoms. The van der Waals surface area contributed by atoms with E-state index in [1.807, 2.05) is 0 Å². The van der Waals surface area contributed by atoms with Crippen LogP contribution in [0.5, 0.6) is 5.75 Å². The summed E-state index contributed by atoms with van der Waals surface area (Å²) in [7, 11) is 0. The Morgan fingerprint density at radius 1 is 1.17 bits per heavy atom. The number of carbonyl (C=O) groups is 2. The Kier molecular flexibility index (Phi) is 6.46. The van der Waals surface area contributed by atoms with Crippen LogP contribution >= 0.6 is 11.6 Å². The third kappa shape index (κ3) is 4.87. The van der Waals surface area contributed by atoms with Crippen LogP contribution in [0.15, 0.2) is 18.2 Å². The van der Waals surface area contributed by atoms with Crippen molar-refractivity contribution < 1.29 is 23.8 Å². The lowest BCUT2D eigenvalue weighted by Crippen LogP contribution is -2.61. The first-order valence-electron chi connectivity index (χ1n) is 10.5. The van der Waals surface area contributed by atoms with Crippen molar-refractivity contribution in [2.75, 3.05) is 13.2 Å². The number of halogens is 2. The molecule has 4 aliphatic rings. The molecule has 3 unspecified atom stereocenters. The van der Waals surface area contributed by atoms with Gasteiger partial charge in [0.05, 0.1) is 10.9 Å². The predicted octanol–water partition coefficient (Wildman–Crippen LogP) is 1.58. The van der Waals surface area contributed by atoms with E-state index in [1.165, 1.54) is 12.1 Å². The highest BCUT2D eigenvalue weighted by Crippen LogP contribution is 2.45. The molecule has 4 fully saturated rings. The highest BCUT2D eigenvalue weighted by molar-refractivity contribution is 6.30. The SMILES string of the molecule is O=C(COc1ccc(Cl)c(F)c1)NC1C[C@@H](NC(=O)C2CCC(O)NC2)C2CC1C2. The smallest absolute Gasteiger partial charge is 0.258 e. The number of hydrogen-bond donors (Lipinski definition) is 4. The van der Waals surface area contributed by atoms with Gasteiger partial charge < -0.3 is 20.5 Å². The van der Waals surface area contributed by atoms with Gasteiger partial charge in [0.25, 0.3) is 5.91 Å². The molecule has 0 aromatic heterocycles. The molecule has 30 heavy (non-hydrogen) atoms. The zero-order valence-corrected chi connectivity index (χ0v) is 17.3. The summed E-state index contributed by atoms with van der Waals surface area (Å²) in [4.78, 5) is 24.9. The molecule has 1 aromatic rings. The summed E-state index contributed by atoms with van der Waals surface area (Å²) in [5.41, 5.74) is 0. The van der Waals surface area contributed by atoms with Gasteiger partial charge in [-0.3, -0.25) is 14.9 Å². The van der Waals surface area contributed by atoms with Gasteiger partial charge in [0, 0.05) is 24.7 Å². The molecule has 3 saturated carbocycles. The van der Waals surface area contributed by atoms with E-state index in [0.29, 0.717) is 37.6 Å². The zero-order chi connectivity index (χ0) is 21.3. The first-order valence-corrected chi connectivity index (χ1v) is 10.9. The Morgan fingerprint density at radius 3 is 2.57 bits per heavy atom. The number of piperidine rings is 1. The van der Waals surface area contributed by atoms with E-state index in [4.69, 9.17) is 16.3 Å². The van der Waals surface area contributed by atoms with Crippen LogP contribution in [0.2, 0.25) is 5.02 Å². The molecular formula is C21H27ClFN3O4. The summed E-state index contributed by atoms with van der Waals surface area (Å²) in [5.74, 6) is 0.153. The number of nitrogens with one attached hydrogen (secondary N) is 3. The monoisotopic (exact) mass is 439 g/mol. The number of benzene rings is 1. The van der Waals surface area contributed by atoms with Crippen LogP contribution in [0.25, 0.3) is 0 Å². The Hall–Kier alpha value is -1.90. The molecule has 3 aliphatic carbocycles. The molecule has 1 aliphatic heterocycles. The Bertz CT molecular complexity index is 796. The molecule has 4 atom stereocenters. The molecule has 7 nitrogen and oxygen atoms in total. The number of fused-ring (bicyclic) bond motifs is 2. The van der Waals surface area contributed by atoms with Gasteiger partial charge in [-0.05, 0) is 56.1 Å². The van der Waals surface area contributed by atoms with Crippen LogP contribution in [-0.2, 0) is 9.59 Å². The van der Waals surface area contributed by atoms with E-state index in [9.17, 15) is 19.1 Å². The molecule has 2 bridgehead atoms. The molecule has 0 radical (unpaired) electrons. The van der Waals surface area contributed by atoms with Crippen LogP contribution in [0.3, 0.4) is 0 Å². The fraction of sp³-hybridized carbons (Fsp3) is 0.619. The molecule has 164 valence electrons. The number of amides is 2. The summed E-state index contributed by atoms with van der Waals surface area (Å²) in [6.07, 6.45) is 3.39. The maximum absolute atomic E-state index is 13.5. The van der Waals surface area contributed by atoms with Crippen LogP contribution in [0.4, 0.5) is 4.39 Å². The Balaban J connectivity index is 1.25. The van der Waals surface area contributed by atoms with E-state index >= 15 is 0 Å². The second-order valence-corrected chi connectivity index (χ2v) is 8.99. The van der Waals surface area contributed by atoms with Gasteiger partial charge in [0.15, 0.2) is 6.61 Å². The summed E-state index contributed by atoms with van der Waals surface area (Å²) in [5, 5.41) is 18.6. The molecule has 1 saturated heterocycles. The van der Waals surface area contributed by atoms with Crippen molar-refractivity contribution in [2.24, 2.45) is 17.8 Å². The van der Waals surface area contributed by atoms with Gasteiger partial charge in [-0.2, -0.15) is 0 Å². The lowest BCUT2D eigenvalue weighted by Gasteiger charge is -2.51. The van der Waals surface area contributed by atoms with Gasteiger partial charge in [0.2, 0.25) is 5.91 Å². The predicted molar refractivity (Wildman–Crippen MR) is 108 cm³/mol. The molecule has 5 rings (SSSR count). The van der Waals surface area contributed by atoms with E-state index in [1.54, 1.807) is 0 Å². The quantitative estimate of drug-likeness (QED) is 0.539. The van der Waals surface area contributed by atoms with E-state index in [-0.39, 0.29) is 47.2 Å². The fourth-order valence-corrected chi connectivity index (χ4v) is 4.83. The minimum atomic E-state index is -0.594. The third-order valence-electron chi connectivity index (χ3n) is 6.55.